The molecule has 0 saturated heterocycles. The van der Waals surface area contributed by atoms with E-state index in [4.69, 9.17) is 0 Å². The van der Waals surface area contributed by atoms with Crippen molar-refractivity contribution in [2.45, 2.75) is 71.1 Å². The van der Waals surface area contributed by atoms with E-state index in [1.165, 1.54) is 37.7 Å². The second-order valence-corrected chi connectivity index (χ2v) is 7.21. The summed E-state index contributed by atoms with van der Waals surface area (Å²) in [6, 6.07) is 7.82. The van der Waals surface area contributed by atoms with E-state index < -0.39 is 0 Å². The number of amides is 1. The van der Waals surface area contributed by atoms with E-state index in [0.717, 1.165) is 18.6 Å². The van der Waals surface area contributed by atoms with Crippen molar-refractivity contribution < 1.29 is 4.79 Å². The second kappa shape index (κ2) is 7.57. The minimum absolute atomic E-state index is 0.105. The van der Waals surface area contributed by atoms with Crippen LogP contribution in [0.3, 0.4) is 0 Å². The van der Waals surface area contributed by atoms with E-state index in [1.807, 2.05) is 24.3 Å². The Kier molecular flexibility index (Phi) is 5.76. The van der Waals surface area contributed by atoms with Gasteiger partial charge in [0, 0.05) is 11.3 Å². The maximum Gasteiger partial charge on any atom is 0.271 e. The summed E-state index contributed by atoms with van der Waals surface area (Å²) in [5.74, 6) is -0.116. The van der Waals surface area contributed by atoms with Gasteiger partial charge in [0.05, 0.1) is 0 Å². The molecule has 0 spiro atoms. The van der Waals surface area contributed by atoms with Gasteiger partial charge >= 0.3 is 0 Å². The van der Waals surface area contributed by atoms with E-state index in [1.54, 1.807) is 0 Å². The number of hydrazone groups is 1. The van der Waals surface area contributed by atoms with Crippen LogP contribution in [-0.4, -0.2) is 11.6 Å². The number of rotatable bonds is 2. The lowest BCUT2D eigenvalue weighted by Gasteiger charge is -2.18. The van der Waals surface area contributed by atoms with Crippen molar-refractivity contribution in [2.24, 2.45) is 5.10 Å². The van der Waals surface area contributed by atoms with Crippen LogP contribution in [0.2, 0.25) is 0 Å². The van der Waals surface area contributed by atoms with E-state index in [-0.39, 0.29) is 11.3 Å². The molecule has 1 amide bonds. The van der Waals surface area contributed by atoms with Crippen LogP contribution in [0.4, 0.5) is 0 Å². The van der Waals surface area contributed by atoms with Crippen LogP contribution in [-0.2, 0) is 5.41 Å². The predicted octanol–water partition coefficient (Wildman–Crippen LogP) is 4.81. The zero-order valence-electron chi connectivity index (χ0n) is 14.1. The average molecular weight is 300 g/mol. The monoisotopic (exact) mass is 300 g/mol. The summed E-state index contributed by atoms with van der Waals surface area (Å²) in [7, 11) is 0. The summed E-state index contributed by atoms with van der Waals surface area (Å²) < 4.78 is 0. The summed E-state index contributed by atoms with van der Waals surface area (Å²) >= 11 is 0. The van der Waals surface area contributed by atoms with Gasteiger partial charge in [0.1, 0.15) is 0 Å². The van der Waals surface area contributed by atoms with Crippen LogP contribution in [0.5, 0.6) is 0 Å². The summed E-state index contributed by atoms with van der Waals surface area (Å²) in [5.41, 5.74) is 5.87. The Morgan fingerprint density at radius 1 is 0.955 bits per heavy atom. The molecule has 0 heterocycles. The Hall–Kier alpha value is -1.64. The summed E-state index contributed by atoms with van der Waals surface area (Å²) in [6.45, 7) is 6.51. The number of benzene rings is 1. The van der Waals surface area contributed by atoms with Gasteiger partial charge in [0.25, 0.3) is 5.91 Å². The zero-order valence-corrected chi connectivity index (χ0v) is 14.1. The van der Waals surface area contributed by atoms with Crippen molar-refractivity contribution >= 4 is 11.6 Å². The maximum atomic E-state index is 12.2. The molecule has 2 rings (SSSR count). The average Bonchev–Trinajstić information content (AvgIpc) is 2.45. The molecule has 3 heteroatoms. The molecule has 3 nitrogen and oxygen atoms in total. The van der Waals surface area contributed by atoms with Gasteiger partial charge in [-0.2, -0.15) is 5.10 Å². The molecule has 0 unspecified atom stereocenters. The molecule has 0 aliphatic heterocycles. The molecule has 1 aromatic carbocycles. The van der Waals surface area contributed by atoms with Crippen LogP contribution >= 0.6 is 0 Å². The molecule has 0 aromatic heterocycles. The van der Waals surface area contributed by atoms with Crippen molar-refractivity contribution in [1.29, 1.82) is 0 Å². The molecule has 0 bridgehead atoms. The number of carbonyl (C=O) groups is 1. The van der Waals surface area contributed by atoms with Crippen LogP contribution in [0.15, 0.2) is 29.4 Å². The zero-order chi connectivity index (χ0) is 16.0. The van der Waals surface area contributed by atoms with E-state index in [0.29, 0.717) is 5.56 Å². The molecule has 1 saturated carbocycles. The Bertz CT molecular complexity index is 513. The number of hydrogen-bond acceptors (Lipinski definition) is 2. The largest absolute Gasteiger partial charge is 0.271 e. The Morgan fingerprint density at radius 3 is 2.05 bits per heavy atom. The summed E-state index contributed by atoms with van der Waals surface area (Å²) in [5, 5.41) is 4.35. The minimum atomic E-state index is -0.116. The van der Waals surface area contributed by atoms with E-state index in [2.05, 4.69) is 31.3 Å². The number of carbonyl (C=O) groups excluding carboxylic acids is 1. The molecule has 1 N–H and O–H groups in total. The molecular weight excluding hydrogens is 272 g/mol. The fourth-order valence-corrected chi connectivity index (χ4v) is 2.74. The highest BCUT2D eigenvalue weighted by Crippen LogP contribution is 2.22. The van der Waals surface area contributed by atoms with Gasteiger partial charge in [-0.3, -0.25) is 4.79 Å². The quantitative estimate of drug-likeness (QED) is 0.782. The minimum Gasteiger partial charge on any atom is -0.267 e. The van der Waals surface area contributed by atoms with Crippen LogP contribution in [0.25, 0.3) is 0 Å². The Labute approximate surface area is 134 Å². The van der Waals surface area contributed by atoms with Crippen molar-refractivity contribution in [3.63, 3.8) is 0 Å². The molecule has 0 radical (unpaired) electrons. The molecule has 22 heavy (non-hydrogen) atoms. The first-order valence-electron chi connectivity index (χ1n) is 8.43. The topological polar surface area (TPSA) is 41.5 Å². The van der Waals surface area contributed by atoms with Crippen molar-refractivity contribution in [2.75, 3.05) is 0 Å². The first kappa shape index (κ1) is 16.7. The fourth-order valence-electron chi connectivity index (χ4n) is 2.74. The van der Waals surface area contributed by atoms with Gasteiger partial charge in [0.2, 0.25) is 0 Å². The molecule has 0 atom stereocenters. The van der Waals surface area contributed by atoms with Crippen LogP contribution < -0.4 is 5.43 Å². The maximum absolute atomic E-state index is 12.2. The highest BCUT2D eigenvalue weighted by Gasteiger charge is 2.14. The number of nitrogens with one attached hydrogen (secondary N) is 1. The van der Waals surface area contributed by atoms with Gasteiger partial charge in [0.15, 0.2) is 0 Å². The molecule has 1 fully saturated rings. The van der Waals surface area contributed by atoms with E-state index in [9.17, 15) is 4.79 Å². The number of hydrogen-bond donors (Lipinski definition) is 1. The van der Waals surface area contributed by atoms with Gasteiger partial charge in [-0.1, -0.05) is 52.2 Å². The van der Waals surface area contributed by atoms with Gasteiger partial charge in [-0.25, -0.2) is 5.43 Å². The van der Waals surface area contributed by atoms with E-state index >= 15 is 0 Å². The molecule has 1 aromatic rings. The first-order valence-corrected chi connectivity index (χ1v) is 8.43. The molecular formula is C19H28N2O. The van der Waals surface area contributed by atoms with Gasteiger partial charge in [-0.15, -0.1) is 0 Å². The van der Waals surface area contributed by atoms with Gasteiger partial charge in [-0.05, 0) is 48.8 Å². The smallest absolute Gasteiger partial charge is 0.267 e. The molecule has 1 aliphatic rings. The van der Waals surface area contributed by atoms with Crippen molar-refractivity contribution in [1.82, 2.24) is 5.43 Å². The lowest BCUT2D eigenvalue weighted by molar-refractivity contribution is 0.0954. The highest BCUT2D eigenvalue weighted by molar-refractivity contribution is 5.95. The third kappa shape index (κ3) is 4.97. The van der Waals surface area contributed by atoms with Crippen LogP contribution in [0.1, 0.15) is 81.6 Å². The lowest BCUT2D eigenvalue weighted by Crippen LogP contribution is -2.20. The normalized spacial score (nSPS) is 16.6. The molecule has 120 valence electrons. The Balaban J connectivity index is 1.96. The summed E-state index contributed by atoms with van der Waals surface area (Å²) in [6.07, 6.45) is 8.30. The van der Waals surface area contributed by atoms with Crippen molar-refractivity contribution in [3.8, 4) is 0 Å². The summed E-state index contributed by atoms with van der Waals surface area (Å²) in [4.78, 5) is 12.2. The van der Waals surface area contributed by atoms with Gasteiger partial charge < -0.3 is 0 Å². The first-order chi connectivity index (χ1) is 10.5. The highest BCUT2D eigenvalue weighted by atomic mass is 16.2. The van der Waals surface area contributed by atoms with Crippen molar-refractivity contribution in [3.05, 3.63) is 35.4 Å². The predicted molar refractivity (Wildman–Crippen MR) is 92.4 cm³/mol. The molecule has 1 aliphatic carbocycles. The fraction of sp³-hybridized carbons (Fsp3) is 0.579. The third-order valence-corrected chi connectivity index (χ3v) is 4.26. The Morgan fingerprint density at radius 2 is 1.50 bits per heavy atom. The van der Waals surface area contributed by atoms with Crippen LogP contribution in [0, 0.1) is 0 Å². The lowest BCUT2D eigenvalue weighted by atomic mass is 9.87. The standard InChI is InChI=1S/C19H28N2O/c1-19(2,3)16-13-11-15(12-14-16)18(22)21-20-17-9-7-5-4-6-8-10-17/h11-14H,4-10H2,1-3H3,(H,21,22). The third-order valence-electron chi connectivity index (χ3n) is 4.26. The SMILES string of the molecule is CC(C)(C)c1ccc(C(=O)NN=C2CCCCCCC2)cc1. The second-order valence-electron chi connectivity index (χ2n) is 7.21. The number of nitrogens with zero attached hydrogens (tertiary/aromatic N) is 1.